The molecular weight excluding hydrogens is 302 g/mol. The summed E-state index contributed by atoms with van der Waals surface area (Å²) >= 11 is 16.4. The van der Waals surface area contributed by atoms with E-state index >= 15 is 0 Å². The van der Waals surface area contributed by atoms with Crippen LogP contribution in [0.2, 0.25) is 0 Å². The fourth-order valence-electron chi connectivity index (χ4n) is 1.63. The second-order valence-corrected chi connectivity index (χ2v) is 5.15. The first-order chi connectivity index (χ1) is 8.43. The average Bonchev–Trinajstić information content (AvgIpc) is 2.35. The number of carboxylic acid groups (broad SMARTS) is 1. The van der Waals surface area contributed by atoms with Gasteiger partial charge >= 0.3 is 5.97 Å². The number of aliphatic carboxylic acids is 1. The van der Waals surface area contributed by atoms with Crippen molar-refractivity contribution in [2.45, 2.75) is 12.8 Å². The van der Waals surface area contributed by atoms with Crippen molar-refractivity contribution < 1.29 is 19.4 Å². The standard InChI is InChI=1S/C11H11Cl3O4/c12-8(9(13)14)5-18-11(17)7-4-2-1-3-6(7)10(15)16/h1-2,6-7H,3-5H2,(H,15,16)/p-1/t6-,7+/m0/s1. The Morgan fingerprint density at radius 2 is 1.72 bits per heavy atom. The van der Waals surface area contributed by atoms with Crippen LogP contribution in [0.4, 0.5) is 0 Å². The van der Waals surface area contributed by atoms with Crippen molar-refractivity contribution in [3.05, 3.63) is 21.7 Å². The zero-order valence-electron chi connectivity index (χ0n) is 9.20. The SMILES string of the molecule is O=C([O-])[C@H]1CC=CC[C@H]1C(=O)OCC(Cl)=C(Cl)Cl. The van der Waals surface area contributed by atoms with Crippen LogP contribution in [-0.2, 0) is 14.3 Å². The Morgan fingerprint density at radius 1 is 1.17 bits per heavy atom. The molecule has 0 saturated carbocycles. The van der Waals surface area contributed by atoms with Gasteiger partial charge in [0.05, 0.1) is 11.0 Å². The van der Waals surface area contributed by atoms with Crippen molar-refractivity contribution in [1.29, 1.82) is 0 Å². The van der Waals surface area contributed by atoms with Gasteiger partial charge in [0, 0.05) is 11.9 Å². The van der Waals surface area contributed by atoms with E-state index < -0.39 is 23.8 Å². The van der Waals surface area contributed by atoms with E-state index in [0.29, 0.717) is 6.42 Å². The number of hydrogen-bond acceptors (Lipinski definition) is 4. The summed E-state index contributed by atoms with van der Waals surface area (Å²) in [4.78, 5) is 22.6. The summed E-state index contributed by atoms with van der Waals surface area (Å²) in [5.74, 6) is -3.56. The lowest BCUT2D eigenvalue weighted by Crippen LogP contribution is -2.40. The fraction of sp³-hybridized carbons (Fsp3) is 0.455. The van der Waals surface area contributed by atoms with Crippen LogP contribution >= 0.6 is 34.8 Å². The number of halogens is 3. The molecule has 0 bridgehead atoms. The van der Waals surface area contributed by atoms with Crippen molar-refractivity contribution in [2.24, 2.45) is 11.8 Å². The van der Waals surface area contributed by atoms with E-state index in [1.54, 1.807) is 12.2 Å². The van der Waals surface area contributed by atoms with Crippen LogP contribution in [0.5, 0.6) is 0 Å². The van der Waals surface area contributed by atoms with E-state index in [1.807, 2.05) is 0 Å². The van der Waals surface area contributed by atoms with Crippen molar-refractivity contribution in [3.8, 4) is 0 Å². The van der Waals surface area contributed by atoms with Crippen molar-refractivity contribution in [1.82, 2.24) is 0 Å². The number of carboxylic acids is 1. The quantitative estimate of drug-likeness (QED) is 0.586. The van der Waals surface area contributed by atoms with Crippen LogP contribution in [-0.4, -0.2) is 18.5 Å². The predicted molar refractivity (Wildman–Crippen MR) is 65.9 cm³/mol. The number of esters is 1. The fourth-order valence-corrected chi connectivity index (χ4v) is 1.79. The molecule has 0 aliphatic heterocycles. The van der Waals surface area contributed by atoms with E-state index in [2.05, 4.69) is 0 Å². The molecule has 0 aromatic carbocycles. The molecule has 0 fully saturated rings. The maximum Gasteiger partial charge on any atom is 0.310 e. The summed E-state index contributed by atoms with van der Waals surface area (Å²) in [6.07, 6.45) is 3.99. The van der Waals surface area contributed by atoms with Gasteiger partial charge in [0.1, 0.15) is 11.1 Å². The molecule has 7 heteroatoms. The van der Waals surface area contributed by atoms with Gasteiger partial charge in [-0.3, -0.25) is 4.79 Å². The van der Waals surface area contributed by atoms with Gasteiger partial charge in [0.2, 0.25) is 0 Å². The van der Waals surface area contributed by atoms with Gasteiger partial charge in [0.15, 0.2) is 0 Å². The van der Waals surface area contributed by atoms with E-state index in [9.17, 15) is 14.7 Å². The zero-order chi connectivity index (χ0) is 13.7. The average molecular weight is 313 g/mol. The summed E-state index contributed by atoms with van der Waals surface area (Å²) in [6, 6.07) is 0. The van der Waals surface area contributed by atoms with Crippen molar-refractivity contribution in [3.63, 3.8) is 0 Å². The van der Waals surface area contributed by atoms with E-state index in [0.717, 1.165) is 0 Å². The minimum Gasteiger partial charge on any atom is -0.550 e. The smallest absolute Gasteiger partial charge is 0.310 e. The second kappa shape index (κ2) is 7.02. The summed E-state index contributed by atoms with van der Waals surface area (Å²) in [5.41, 5.74) is 0. The van der Waals surface area contributed by atoms with Gasteiger partial charge in [-0.2, -0.15) is 0 Å². The van der Waals surface area contributed by atoms with Gasteiger partial charge in [-0.1, -0.05) is 47.0 Å². The lowest BCUT2D eigenvalue weighted by Gasteiger charge is -2.27. The molecule has 2 atom stereocenters. The first-order valence-electron chi connectivity index (χ1n) is 5.15. The summed E-state index contributed by atoms with van der Waals surface area (Å²) < 4.78 is 4.67. The number of ether oxygens (including phenoxy) is 1. The Balaban J connectivity index is 2.63. The molecule has 4 nitrogen and oxygen atoms in total. The summed E-state index contributed by atoms with van der Waals surface area (Å²) in [7, 11) is 0. The number of carbonyl (C=O) groups excluding carboxylic acids is 2. The Labute approximate surface area is 119 Å². The highest BCUT2D eigenvalue weighted by molar-refractivity contribution is 6.59. The maximum absolute atomic E-state index is 11.7. The molecule has 0 amide bonds. The van der Waals surface area contributed by atoms with Crippen LogP contribution in [0.15, 0.2) is 21.7 Å². The van der Waals surface area contributed by atoms with E-state index in [4.69, 9.17) is 39.5 Å². The highest BCUT2D eigenvalue weighted by atomic mass is 35.5. The molecule has 0 aromatic heterocycles. The largest absolute Gasteiger partial charge is 0.550 e. The topological polar surface area (TPSA) is 66.4 Å². The van der Waals surface area contributed by atoms with Gasteiger partial charge < -0.3 is 14.6 Å². The van der Waals surface area contributed by atoms with Crippen LogP contribution in [0, 0.1) is 11.8 Å². The predicted octanol–water partition coefficient (Wildman–Crippen LogP) is 1.75. The molecule has 0 unspecified atom stereocenters. The van der Waals surface area contributed by atoms with Crippen molar-refractivity contribution in [2.75, 3.05) is 6.61 Å². The Hall–Kier alpha value is -0.710. The molecule has 0 radical (unpaired) electrons. The van der Waals surface area contributed by atoms with E-state index in [1.165, 1.54) is 0 Å². The highest BCUT2D eigenvalue weighted by Gasteiger charge is 2.31. The number of hydrogen-bond donors (Lipinski definition) is 0. The monoisotopic (exact) mass is 311 g/mol. The van der Waals surface area contributed by atoms with Gasteiger partial charge in [-0.25, -0.2) is 0 Å². The third kappa shape index (κ3) is 4.19. The lowest BCUT2D eigenvalue weighted by atomic mass is 9.83. The molecule has 0 heterocycles. The van der Waals surface area contributed by atoms with Crippen LogP contribution in [0.1, 0.15) is 12.8 Å². The Kier molecular flexibility index (Phi) is 5.99. The molecule has 1 aliphatic rings. The molecule has 0 spiro atoms. The molecule has 0 saturated heterocycles. The van der Waals surface area contributed by atoms with Crippen LogP contribution in [0.3, 0.4) is 0 Å². The third-order valence-corrected chi connectivity index (χ3v) is 3.53. The zero-order valence-corrected chi connectivity index (χ0v) is 11.5. The second-order valence-electron chi connectivity index (χ2n) is 3.75. The van der Waals surface area contributed by atoms with Gasteiger partial charge in [-0.15, -0.1) is 0 Å². The molecular formula is C11H10Cl3O4-. The lowest BCUT2D eigenvalue weighted by molar-refractivity contribution is -0.313. The number of allylic oxidation sites excluding steroid dienone is 2. The van der Waals surface area contributed by atoms with Gasteiger partial charge in [0.25, 0.3) is 0 Å². The van der Waals surface area contributed by atoms with Gasteiger partial charge in [-0.05, 0) is 12.8 Å². The van der Waals surface area contributed by atoms with Crippen LogP contribution < -0.4 is 5.11 Å². The first-order valence-corrected chi connectivity index (χ1v) is 6.29. The first kappa shape index (κ1) is 15.3. The third-order valence-electron chi connectivity index (χ3n) is 2.58. The van der Waals surface area contributed by atoms with E-state index in [-0.39, 0.29) is 22.6 Å². The number of carbonyl (C=O) groups is 2. The van der Waals surface area contributed by atoms with Crippen LogP contribution in [0.25, 0.3) is 0 Å². The molecule has 1 rings (SSSR count). The number of rotatable bonds is 4. The Bertz CT molecular complexity index is 399. The summed E-state index contributed by atoms with van der Waals surface area (Å²) in [6.45, 7) is -0.275. The molecule has 18 heavy (non-hydrogen) atoms. The minimum atomic E-state index is -1.27. The molecule has 0 N–H and O–H groups in total. The molecule has 1 aliphatic carbocycles. The van der Waals surface area contributed by atoms with Crippen molar-refractivity contribution >= 4 is 46.7 Å². The molecule has 0 aromatic rings. The Morgan fingerprint density at radius 3 is 2.22 bits per heavy atom. The summed E-state index contributed by atoms with van der Waals surface area (Å²) in [5, 5.41) is 10.9. The maximum atomic E-state index is 11.7. The normalized spacial score (nSPS) is 22.4. The minimum absolute atomic E-state index is 0.0111. The molecule has 100 valence electrons. The highest BCUT2D eigenvalue weighted by Crippen LogP contribution is 2.27.